The maximum Gasteiger partial charge on any atom is 0.271 e. The van der Waals surface area contributed by atoms with Gasteiger partial charge in [-0.1, -0.05) is 18.2 Å². The normalized spacial score (nSPS) is 11.5. The summed E-state index contributed by atoms with van der Waals surface area (Å²) in [6.45, 7) is 3.70. The number of anilines is 2. The summed E-state index contributed by atoms with van der Waals surface area (Å²) < 4.78 is 0. The van der Waals surface area contributed by atoms with E-state index < -0.39 is 11.0 Å². The van der Waals surface area contributed by atoms with E-state index in [1.807, 2.05) is 31.2 Å². The van der Waals surface area contributed by atoms with Crippen LogP contribution < -0.4 is 10.6 Å². The molecule has 2 aromatic carbocycles. The van der Waals surface area contributed by atoms with Crippen LogP contribution in [0, 0.1) is 17.0 Å². The summed E-state index contributed by atoms with van der Waals surface area (Å²) in [5.74, 6) is -0.262. The molecule has 1 unspecified atom stereocenters. The molecule has 114 valence electrons. The summed E-state index contributed by atoms with van der Waals surface area (Å²) in [4.78, 5) is 22.4. The van der Waals surface area contributed by atoms with Crippen molar-refractivity contribution in [2.45, 2.75) is 19.9 Å². The second kappa shape index (κ2) is 6.71. The highest BCUT2D eigenvalue weighted by Crippen LogP contribution is 2.17. The first kappa shape index (κ1) is 15.5. The zero-order valence-electron chi connectivity index (χ0n) is 12.4. The fourth-order valence-corrected chi connectivity index (χ4v) is 2.00. The second-order valence-electron chi connectivity index (χ2n) is 5.03. The quantitative estimate of drug-likeness (QED) is 0.655. The van der Waals surface area contributed by atoms with Gasteiger partial charge >= 0.3 is 0 Å². The van der Waals surface area contributed by atoms with Gasteiger partial charge in [-0.05, 0) is 37.6 Å². The van der Waals surface area contributed by atoms with Crippen molar-refractivity contribution in [2.75, 3.05) is 10.6 Å². The smallest absolute Gasteiger partial charge is 0.271 e. The van der Waals surface area contributed by atoms with Gasteiger partial charge in [0.05, 0.1) is 4.92 Å². The number of nitrogens with zero attached hydrogens (tertiary/aromatic N) is 1. The predicted molar refractivity (Wildman–Crippen MR) is 86.0 cm³/mol. The number of nitro benzene ring substituents is 1. The van der Waals surface area contributed by atoms with Gasteiger partial charge in [-0.25, -0.2) is 0 Å². The molecule has 0 aliphatic rings. The second-order valence-corrected chi connectivity index (χ2v) is 5.03. The fraction of sp³-hybridized carbons (Fsp3) is 0.188. The molecular weight excluding hydrogens is 282 g/mol. The number of nitrogens with one attached hydrogen (secondary N) is 2. The monoisotopic (exact) mass is 299 g/mol. The first-order chi connectivity index (χ1) is 10.5. The molecule has 0 saturated carbocycles. The number of non-ortho nitro benzene ring substituents is 1. The van der Waals surface area contributed by atoms with E-state index in [9.17, 15) is 14.9 Å². The van der Waals surface area contributed by atoms with Gasteiger partial charge in [-0.15, -0.1) is 0 Å². The van der Waals surface area contributed by atoms with Gasteiger partial charge in [0.15, 0.2) is 0 Å². The number of carbonyl (C=O) groups is 1. The van der Waals surface area contributed by atoms with Crippen LogP contribution in [0.15, 0.2) is 48.5 Å². The lowest BCUT2D eigenvalue weighted by Crippen LogP contribution is -2.31. The number of rotatable bonds is 5. The van der Waals surface area contributed by atoms with E-state index in [0.29, 0.717) is 5.69 Å². The minimum atomic E-state index is -0.496. The molecule has 0 radical (unpaired) electrons. The summed E-state index contributed by atoms with van der Waals surface area (Å²) in [5.41, 5.74) is 2.28. The molecule has 0 aliphatic carbocycles. The van der Waals surface area contributed by atoms with Gasteiger partial charge in [-0.2, -0.15) is 0 Å². The average molecular weight is 299 g/mol. The van der Waals surface area contributed by atoms with Gasteiger partial charge in [0.2, 0.25) is 5.91 Å². The number of benzene rings is 2. The van der Waals surface area contributed by atoms with Crippen LogP contribution in [0.1, 0.15) is 12.5 Å². The van der Waals surface area contributed by atoms with E-state index in [0.717, 1.165) is 11.3 Å². The summed E-state index contributed by atoms with van der Waals surface area (Å²) in [6.07, 6.45) is 0. The third-order valence-corrected chi connectivity index (χ3v) is 3.12. The Morgan fingerprint density at radius 3 is 2.50 bits per heavy atom. The lowest BCUT2D eigenvalue weighted by Gasteiger charge is -2.15. The molecular formula is C16H17N3O3. The zero-order valence-corrected chi connectivity index (χ0v) is 12.4. The molecule has 22 heavy (non-hydrogen) atoms. The van der Waals surface area contributed by atoms with Crippen LogP contribution in [0.3, 0.4) is 0 Å². The van der Waals surface area contributed by atoms with E-state index >= 15 is 0 Å². The van der Waals surface area contributed by atoms with Crippen LogP contribution in [0.5, 0.6) is 0 Å². The Balaban J connectivity index is 2.02. The van der Waals surface area contributed by atoms with Gasteiger partial charge < -0.3 is 10.6 Å². The van der Waals surface area contributed by atoms with Crippen molar-refractivity contribution in [3.05, 3.63) is 64.2 Å². The number of hydrogen-bond acceptors (Lipinski definition) is 4. The molecule has 2 rings (SSSR count). The molecule has 1 amide bonds. The average Bonchev–Trinajstić information content (AvgIpc) is 2.47. The SMILES string of the molecule is Cc1cccc(NC(C)C(=O)Nc2cccc([N+](=O)[O-])c2)c1. The molecule has 2 aromatic rings. The highest BCUT2D eigenvalue weighted by Gasteiger charge is 2.14. The summed E-state index contributed by atoms with van der Waals surface area (Å²) in [5, 5.41) is 16.5. The Labute approximate surface area is 128 Å². The van der Waals surface area contributed by atoms with Crippen LogP contribution in [0.2, 0.25) is 0 Å². The molecule has 6 nitrogen and oxygen atoms in total. The highest BCUT2D eigenvalue weighted by atomic mass is 16.6. The number of nitro groups is 1. The zero-order chi connectivity index (χ0) is 16.1. The van der Waals surface area contributed by atoms with Crippen molar-refractivity contribution in [2.24, 2.45) is 0 Å². The molecule has 1 atom stereocenters. The first-order valence-electron chi connectivity index (χ1n) is 6.84. The molecule has 6 heteroatoms. The van der Waals surface area contributed by atoms with Crippen LogP contribution in [-0.2, 0) is 4.79 Å². The van der Waals surface area contributed by atoms with Crippen LogP contribution in [0.4, 0.5) is 17.1 Å². The molecule has 0 saturated heterocycles. The standard InChI is InChI=1S/C16H17N3O3/c1-11-5-3-6-13(9-11)17-12(2)16(20)18-14-7-4-8-15(10-14)19(21)22/h3-10,12,17H,1-2H3,(H,18,20). The van der Waals surface area contributed by atoms with E-state index in [1.54, 1.807) is 13.0 Å². The highest BCUT2D eigenvalue weighted by molar-refractivity contribution is 5.96. The Bertz CT molecular complexity index is 701. The third kappa shape index (κ3) is 4.05. The fourth-order valence-electron chi connectivity index (χ4n) is 2.00. The van der Waals surface area contributed by atoms with Gasteiger partial charge in [-0.3, -0.25) is 14.9 Å². The van der Waals surface area contributed by atoms with E-state index in [2.05, 4.69) is 10.6 Å². The van der Waals surface area contributed by atoms with Crippen LogP contribution in [0.25, 0.3) is 0 Å². The molecule has 0 spiro atoms. The molecule has 0 aliphatic heterocycles. The van der Waals surface area contributed by atoms with Crippen molar-refractivity contribution in [1.29, 1.82) is 0 Å². The lowest BCUT2D eigenvalue weighted by atomic mass is 10.2. The maximum absolute atomic E-state index is 12.1. The van der Waals surface area contributed by atoms with E-state index in [-0.39, 0.29) is 11.6 Å². The van der Waals surface area contributed by atoms with Crippen molar-refractivity contribution in [3.8, 4) is 0 Å². The Morgan fingerprint density at radius 2 is 1.82 bits per heavy atom. The van der Waals surface area contributed by atoms with Crippen molar-refractivity contribution in [1.82, 2.24) is 0 Å². The van der Waals surface area contributed by atoms with E-state index in [1.165, 1.54) is 18.2 Å². The number of hydrogen-bond donors (Lipinski definition) is 2. The first-order valence-corrected chi connectivity index (χ1v) is 6.84. The Kier molecular flexibility index (Phi) is 4.73. The van der Waals surface area contributed by atoms with Crippen molar-refractivity contribution >= 4 is 23.0 Å². The lowest BCUT2D eigenvalue weighted by molar-refractivity contribution is -0.384. The molecule has 0 bridgehead atoms. The Hall–Kier alpha value is -2.89. The van der Waals surface area contributed by atoms with Crippen LogP contribution in [-0.4, -0.2) is 16.9 Å². The van der Waals surface area contributed by atoms with Gasteiger partial charge in [0, 0.05) is 23.5 Å². The Morgan fingerprint density at radius 1 is 1.14 bits per heavy atom. The summed E-state index contributed by atoms with van der Waals surface area (Å²) >= 11 is 0. The molecule has 0 heterocycles. The largest absolute Gasteiger partial charge is 0.374 e. The third-order valence-electron chi connectivity index (χ3n) is 3.12. The molecule has 0 fully saturated rings. The van der Waals surface area contributed by atoms with Crippen LogP contribution >= 0.6 is 0 Å². The number of amides is 1. The molecule has 2 N–H and O–H groups in total. The minimum absolute atomic E-state index is 0.0582. The van der Waals surface area contributed by atoms with Gasteiger partial charge in [0.1, 0.15) is 6.04 Å². The predicted octanol–water partition coefficient (Wildman–Crippen LogP) is 3.34. The maximum atomic E-state index is 12.1. The summed E-state index contributed by atoms with van der Waals surface area (Å²) in [6, 6.07) is 13.1. The van der Waals surface area contributed by atoms with Crippen molar-refractivity contribution < 1.29 is 9.72 Å². The van der Waals surface area contributed by atoms with Gasteiger partial charge in [0.25, 0.3) is 5.69 Å². The topological polar surface area (TPSA) is 84.3 Å². The number of aryl methyl sites for hydroxylation is 1. The summed E-state index contributed by atoms with van der Waals surface area (Å²) in [7, 11) is 0. The van der Waals surface area contributed by atoms with Crippen molar-refractivity contribution in [3.63, 3.8) is 0 Å². The molecule has 0 aromatic heterocycles. The number of carbonyl (C=O) groups excluding carboxylic acids is 1. The van der Waals surface area contributed by atoms with E-state index in [4.69, 9.17) is 0 Å². The minimum Gasteiger partial charge on any atom is -0.374 e.